The number of pyridine rings is 1. The first kappa shape index (κ1) is 23.4. The summed E-state index contributed by atoms with van der Waals surface area (Å²) >= 11 is 0. The first-order valence-corrected chi connectivity index (χ1v) is 8.05. The van der Waals surface area contributed by atoms with Crippen molar-refractivity contribution in [3.63, 3.8) is 0 Å². The summed E-state index contributed by atoms with van der Waals surface area (Å²) in [6.07, 6.45) is -8.31. The molecule has 2 heterocycles. The average molecular weight is 450 g/mol. The van der Waals surface area contributed by atoms with E-state index < -0.39 is 49.3 Å². The highest BCUT2D eigenvalue weighted by Gasteiger charge is 2.30. The lowest BCUT2D eigenvalue weighted by Gasteiger charge is -2.17. The molecule has 9 nitrogen and oxygen atoms in total. The van der Waals surface area contributed by atoms with Gasteiger partial charge in [0, 0.05) is 13.2 Å². The SMILES string of the molecule is CN(C(=O)Nc1nc(OCC(F)(F)F)cc(OCC(F)(F)F)n1)c1ccc(C#N)cn1. The Labute approximate surface area is 170 Å². The third-order valence-electron chi connectivity index (χ3n) is 3.19. The van der Waals surface area contributed by atoms with Crippen molar-refractivity contribution in [3.8, 4) is 17.8 Å². The Morgan fingerprint density at radius 2 is 1.65 bits per heavy atom. The van der Waals surface area contributed by atoms with Crippen LogP contribution in [0.25, 0.3) is 0 Å². The van der Waals surface area contributed by atoms with Gasteiger partial charge in [0.2, 0.25) is 17.7 Å². The van der Waals surface area contributed by atoms with Crippen LogP contribution in [0.4, 0.5) is 42.9 Å². The monoisotopic (exact) mass is 450 g/mol. The standard InChI is InChI=1S/C16H12F6N6O3/c1-28(10-3-2-9(5-23)6-24-10)14(29)27-13-25-11(30-7-15(17,18)19)4-12(26-13)31-8-16(20,21)22/h2-4,6H,7-8H2,1H3,(H,25,26,27,29). The maximum absolute atomic E-state index is 12.4. The van der Waals surface area contributed by atoms with E-state index in [1.54, 1.807) is 0 Å². The molecule has 0 spiro atoms. The Morgan fingerprint density at radius 1 is 1.10 bits per heavy atom. The minimum atomic E-state index is -4.75. The lowest BCUT2D eigenvalue weighted by Crippen LogP contribution is -2.32. The quantitative estimate of drug-likeness (QED) is 0.672. The van der Waals surface area contributed by atoms with Crippen LogP contribution in [-0.4, -0.2) is 53.6 Å². The molecule has 0 aliphatic heterocycles. The van der Waals surface area contributed by atoms with Crippen molar-refractivity contribution >= 4 is 17.8 Å². The predicted molar refractivity (Wildman–Crippen MR) is 91.5 cm³/mol. The van der Waals surface area contributed by atoms with Crippen LogP contribution in [0.1, 0.15) is 5.56 Å². The number of aromatic nitrogens is 3. The average Bonchev–Trinajstić information content (AvgIpc) is 2.69. The lowest BCUT2D eigenvalue weighted by atomic mass is 10.3. The van der Waals surface area contributed by atoms with Gasteiger partial charge in [-0.15, -0.1) is 0 Å². The Bertz CT molecular complexity index is 922. The molecule has 15 heteroatoms. The van der Waals surface area contributed by atoms with Crippen LogP contribution in [-0.2, 0) is 0 Å². The number of amides is 2. The van der Waals surface area contributed by atoms with Crippen LogP contribution >= 0.6 is 0 Å². The lowest BCUT2D eigenvalue weighted by molar-refractivity contribution is -0.154. The number of hydrogen-bond donors (Lipinski definition) is 1. The van der Waals surface area contributed by atoms with Crippen LogP contribution in [0.5, 0.6) is 11.8 Å². The van der Waals surface area contributed by atoms with Gasteiger partial charge in [0.25, 0.3) is 0 Å². The Balaban J connectivity index is 2.21. The van der Waals surface area contributed by atoms with Gasteiger partial charge < -0.3 is 9.47 Å². The molecule has 0 unspecified atom stereocenters. The van der Waals surface area contributed by atoms with E-state index >= 15 is 0 Å². The van der Waals surface area contributed by atoms with Gasteiger partial charge in [-0.25, -0.2) is 9.78 Å². The highest BCUT2D eigenvalue weighted by Crippen LogP contribution is 2.24. The Kier molecular flexibility index (Phi) is 7.05. The van der Waals surface area contributed by atoms with E-state index in [4.69, 9.17) is 5.26 Å². The summed E-state index contributed by atoms with van der Waals surface area (Å²) in [7, 11) is 1.26. The van der Waals surface area contributed by atoms with Gasteiger partial charge in [-0.1, -0.05) is 0 Å². The second-order valence-corrected chi connectivity index (χ2v) is 5.68. The summed E-state index contributed by atoms with van der Waals surface area (Å²) in [5, 5.41) is 10.8. The molecule has 0 aromatic carbocycles. The number of ether oxygens (including phenoxy) is 2. The number of alkyl halides is 6. The van der Waals surface area contributed by atoms with Gasteiger partial charge >= 0.3 is 18.4 Å². The van der Waals surface area contributed by atoms with E-state index in [2.05, 4.69) is 29.7 Å². The fraction of sp³-hybridized carbons (Fsp3) is 0.312. The van der Waals surface area contributed by atoms with Gasteiger partial charge in [-0.2, -0.15) is 41.6 Å². The maximum atomic E-state index is 12.4. The molecule has 31 heavy (non-hydrogen) atoms. The van der Waals surface area contributed by atoms with Crippen LogP contribution in [0.3, 0.4) is 0 Å². The summed E-state index contributed by atoms with van der Waals surface area (Å²) in [6, 6.07) is 4.21. The third-order valence-corrected chi connectivity index (χ3v) is 3.19. The predicted octanol–water partition coefficient (Wildman–Crippen LogP) is 3.29. The van der Waals surface area contributed by atoms with Crippen LogP contribution in [0.15, 0.2) is 24.4 Å². The number of carbonyl (C=O) groups is 1. The van der Waals surface area contributed by atoms with Crippen molar-refractivity contribution in [1.29, 1.82) is 5.26 Å². The Morgan fingerprint density at radius 3 is 2.06 bits per heavy atom. The van der Waals surface area contributed by atoms with E-state index in [-0.39, 0.29) is 11.4 Å². The number of urea groups is 1. The zero-order valence-electron chi connectivity index (χ0n) is 15.5. The molecule has 2 rings (SSSR count). The molecule has 2 aromatic rings. The van der Waals surface area contributed by atoms with E-state index in [1.807, 2.05) is 6.07 Å². The normalized spacial score (nSPS) is 11.4. The minimum Gasteiger partial charge on any atom is -0.468 e. The van der Waals surface area contributed by atoms with Crippen molar-refractivity contribution in [2.24, 2.45) is 0 Å². The van der Waals surface area contributed by atoms with Gasteiger partial charge in [0.1, 0.15) is 11.9 Å². The minimum absolute atomic E-state index is 0.0783. The summed E-state index contributed by atoms with van der Waals surface area (Å²) in [5.74, 6) is -2.16. The van der Waals surface area contributed by atoms with Gasteiger partial charge in [-0.05, 0) is 12.1 Å². The number of nitrogens with zero attached hydrogens (tertiary/aromatic N) is 5. The van der Waals surface area contributed by atoms with E-state index in [0.717, 1.165) is 4.90 Å². The molecular weight excluding hydrogens is 438 g/mol. The van der Waals surface area contributed by atoms with Crippen LogP contribution in [0.2, 0.25) is 0 Å². The number of carbonyl (C=O) groups excluding carboxylic acids is 1. The van der Waals surface area contributed by atoms with Crippen LogP contribution < -0.4 is 19.7 Å². The second-order valence-electron chi connectivity index (χ2n) is 5.68. The number of anilines is 2. The van der Waals surface area contributed by atoms with Gasteiger partial charge in [0.05, 0.1) is 11.6 Å². The maximum Gasteiger partial charge on any atom is 0.422 e. The summed E-state index contributed by atoms with van der Waals surface area (Å²) in [5.41, 5.74) is 0.224. The molecule has 166 valence electrons. The first-order chi connectivity index (χ1) is 14.4. The van der Waals surface area contributed by atoms with E-state index in [9.17, 15) is 31.1 Å². The highest BCUT2D eigenvalue weighted by molar-refractivity contribution is 5.99. The molecule has 0 fully saturated rings. The molecule has 0 bridgehead atoms. The smallest absolute Gasteiger partial charge is 0.422 e. The van der Waals surface area contributed by atoms with E-state index in [0.29, 0.717) is 6.07 Å². The highest BCUT2D eigenvalue weighted by atomic mass is 19.4. The number of nitrogens with one attached hydrogen (secondary N) is 1. The number of nitriles is 1. The topological polar surface area (TPSA) is 113 Å². The molecule has 0 saturated heterocycles. The summed E-state index contributed by atoms with van der Waals surface area (Å²) in [6.45, 7) is -3.57. The molecule has 0 atom stereocenters. The molecule has 0 saturated carbocycles. The van der Waals surface area contributed by atoms with Crippen molar-refractivity contribution in [3.05, 3.63) is 30.0 Å². The first-order valence-electron chi connectivity index (χ1n) is 8.05. The zero-order valence-corrected chi connectivity index (χ0v) is 15.5. The largest absolute Gasteiger partial charge is 0.468 e. The third kappa shape index (κ3) is 7.84. The molecule has 2 amide bonds. The number of hydrogen-bond acceptors (Lipinski definition) is 7. The molecule has 2 aromatic heterocycles. The number of halogens is 6. The molecule has 0 aliphatic carbocycles. The molecule has 1 N–H and O–H groups in total. The second kappa shape index (κ2) is 9.32. The fourth-order valence-electron chi connectivity index (χ4n) is 1.85. The fourth-order valence-corrected chi connectivity index (χ4v) is 1.85. The molecular formula is C16H12F6N6O3. The Hall–Kier alpha value is -3.83. The van der Waals surface area contributed by atoms with Crippen molar-refractivity contribution in [1.82, 2.24) is 15.0 Å². The number of rotatable bonds is 6. The van der Waals surface area contributed by atoms with Crippen LogP contribution in [0, 0.1) is 11.3 Å². The van der Waals surface area contributed by atoms with Crippen molar-refractivity contribution in [2.45, 2.75) is 12.4 Å². The summed E-state index contributed by atoms with van der Waals surface area (Å²) < 4.78 is 82.9. The molecule has 0 radical (unpaired) electrons. The van der Waals surface area contributed by atoms with Crippen molar-refractivity contribution in [2.75, 3.05) is 30.5 Å². The van der Waals surface area contributed by atoms with Gasteiger partial charge in [-0.3, -0.25) is 10.2 Å². The van der Waals surface area contributed by atoms with Gasteiger partial charge in [0.15, 0.2) is 13.2 Å². The van der Waals surface area contributed by atoms with E-state index in [1.165, 1.54) is 25.4 Å². The molecule has 0 aliphatic rings. The van der Waals surface area contributed by atoms with Crippen molar-refractivity contribution < 1.29 is 40.6 Å². The zero-order chi connectivity index (χ0) is 23.2. The summed E-state index contributed by atoms with van der Waals surface area (Å²) in [4.78, 5) is 24.1.